The number of rotatable bonds is 0. The summed E-state index contributed by atoms with van der Waals surface area (Å²) in [5.41, 5.74) is 1.98. The first-order chi connectivity index (χ1) is 7.39. The molecular formula is C13H16N2O. The zero-order valence-electron chi connectivity index (χ0n) is 10.1. The van der Waals surface area contributed by atoms with E-state index in [1.165, 1.54) is 4.57 Å². The normalized spacial score (nSPS) is 12.0. The molecule has 3 heteroatoms. The number of hydrogen-bond acceptors (Lipinski definition) is 2. The van der Waals surface area contributed by atoms with Crippen molar-refractivity contribution in [3.8, 4) is 0 Å². The van der Waals surface area contributed by atoms with E-state index in [9.17, 15) is 4.79 Å². The first-order valence-corrected chi connectivity index (χ1v) is 5.35. The van der Waals surface area contributed by atoms with Gasteiger partial charge in [-0.3, -0.25) is 4.79 Å². The molecule has 2 aromatic rings. The van der Waals surface area contributed by atoms with Gasteiger partial charge in [-0.25, -0.2) is 4.98 Å². The molecule has 0 saturated heterocycles. The van der Waals surface area contributed by atoms with Crippen molar-refractivity contribution >= 4 is 10.9 Å². The highest BCUT2D eigenvalue weighted by Gasteiger charge is 2.14. The molecule has 0 atom stereocenters. The Hall–Kier alpha value is -1.64. The zero-order chi connectivity index (χ0) is 11.9. The molecule has 1 aromatic heterocycles. The van der Waals surface area contributed by atoms with Crippen molar-refractivity contribution in [1.82, 2.24) is 9.55 Å². The maximum atomic E-state index is 11.9. The summed E-state index contributed by atoms with van der Waals surface area (Å²) < 4.78 is 1.51. The lowest BCUT2D eigenvalue weighted by Crippen LogP contribution is -2.18. The number of aromatic nitrogens is 2. The second-order valence-corrected chi connectivity index (χ2v) is 5.14. The molecule has 3 nitrogen and oxygen atoms in total. The van der Waals surface area contributed by atoms with Gasteiger partial charge in [0.2, 0.25) is 0 Å². The van der Waals surface area contributed by atoms with Gasteiger partial charge in [-0.05, 0) is 23.1 Å². The van der Waals surface area contributed by atoms with Gasteiger partial charge in [-0.15, -0.1) is 0 Å². The maximum absolute atomic E-state index is 11.9. The highest BCUT2D eigenvalue weighted by atomic mass is 16.1. The van der Waals surface area contributed by atoms with Crippen LogP contribution in [0.5, 0.6) is 0 Å². The Morgan fingerprint density at radius 1 is 1.25 bits per heavy atom. The first-order valence-electron chi connectivity index (χ1n) is 5.35. The van der Waals surface area contributed by atoms with E-state index in [1.54, 1.807) is 13.4 Å². The minimum Gasteiger partial charge on any atom is -0.302 e. The van der Waals surface area contributed by atoms with Crippen molar-refractivity contribution in [3.63, 3.8) is 0 Å². The van der Waals surface area contributed by atoms with E-state index in [4.69, 9.17) is 0 Å². The summed E-state index contributed by atoms with van der Waals surface area (Å²) in [6, 6.07) is 5.90. The molecule has 0 radical (unpaired) electrons. The van der Waals surface area contributed by atoms with Crippen LogP contribution in [0.4, 0.5) is 0 Å². The van der Waals surface area contributed by atoms with E-state index >= 15 is 0 Å². The van der Waals surface area contributed by atoms with Crippen molar-refractivity contribution in [1.29, 1.82) is 0 Å². The Morgan fingerprint density at radius 2 is 1.94 bits per heavy atom. The smallest absolute Gasteiger partial charge is 0.260 e. The summed E-state index contributed by atoms with van der Waals surface area (Å²) in [5.74, 6) is 0. The van der Waals surface area contributed by atoms with Gasteiger partial charge >= 0.3 is 0 Å². The fourth-order valence-corrected chi connectivity index (χ4v) is 1.68. The average Bonchev–Trinajstić information content (AvgIpc) is 2.22. The summed E-state index contributed by atoms with van der Waals surface area (Å²) in [6.45, 7) is 6.40. The quantitative estimate of drug-likeness (QED) is 0.677. The van der Waals surface area contributed by atoms with Crippen molar-refractivity contribution < 1.29 is 0 Å². The van der Waals surface area contributed by atoms with E-state index in [2.05, 4.69) is 25.8 Å². The predicted molar refractivity (Wildman–Crippen MR) is 65.7 cm³/mol. The van der Waals surface area contributed by atoms with Crippen LogP contribution in [-0.4, -0.2) is 9.55 Å². The Balaban J connectivity index is 2.79. The molecule has 16 heavy (non-hydrogen) atoms. The molecule has 1 heterocycles. The Morgan fingerprint density at radius 3 is 2.56 bits per heavy atom. The van der Waals surface area contributed by atoms with Crippen LogP contribution < -0.4 is 5.56 Å². The number of nitrogens with zero attached hydrogens (tertiary/aromatic N) is 2. The Kier molecular flexibility index (Phi) is 2.34. The van der Waals surface area contributed by atoms with Crippen LogP contribution in [0, 0.1) is 0 Å². The Labute approximate surface area is 94.7 Å². The molecule has 0 fully saturated rings. The SMILES string of the molecule is Cn1cnc2ccc(C(C)(C)C)cc2c1=O. The molecule has 0 saturated carbocycles. The van der Waals surface area contributed by atoms with E-state index < -0.39 is 0 Å². The predicted octanol–water partition coefficient (Wildman–Crippen LogP) is 2.23. The van der Waals surface area contributed by atoms with E-state index in [1.807, 2.05) is 18.2 Å². The molecule has 0 aliphatic carbocycles. The second kappa shape index (κ2) is 3.44. The van der Waals surface area contributed by atoms with Crippen molar-refractivity contribution in [3.05, 3.63) is 40.4 Å². The standard InChI is InChI=1S/C13H16N2O/c1-13(2,3)9-5-6-11-10(7-9)12(16)15(4)8-14-11/h5-8H,1-4H3. The van der Waals surface area contributed by atoms with Gasteiger partial charge in [0.15, 0.2) is 0 Å². The third kappa shape index (κ3) is 1.73. The van der Waals surface area contributed by atoms with Crippen LogP contribution >= 0.6 is 0 Å². The second-order valence-electron chi connectivity index (χ2n) is 5.14. The summed E-state index contributed by atoms with van der Waals surface area (Å²) in [5, 5.41) is 0.692. The number of hydrogen-bond donors (Lipinski definition) is 0. The molecule has 0 bridgehead atoms. The van der Waals surface area contributed by atoms with Crippen LogP contribution in [0.1, 0.15) is 26.3 Å². The van der Waals surface area contributed by atoms with Gasteiger partial charge in [0, 0.05) is 7.05 Å². The lowest BCUT2D eigenvalue weighted by Gasteiger charge is -2.19. The van der Waals surface area contributed by atoms with E-state index in [0.29, 0.717) is 5.39 Å². The van der Waals surface area contributed by atoms with Crippen LogP contribution in [-0.2, 0) is 12.5 Å². The van der Waals surface area contributed by atoms with Crippen molar-refractivity contribution in [2.45, 2.75) is 26.2 Å². The van der Waals surface area contributed by atoms with Crippen LogP contribution in [0.2, 0.25) is 0 Å². The largest absolute Gasteiger partial charge is 0.302 e. The average molecular weight is 216 g/mol. The van der Waals surface area contributed by atoms with E-state index in [-0.39, 0.29) is 11.0 Å². The third-order valence-electron chi connectivity index (χ3n) is 2.78. The van der Waals surface area contributed by atoms with Crippen molar-refractivity contribution in [2.75, 3.05) is 0 Å². The number of benzene rings is 1. The minimum absolute atomic E-state index is 0.0103. The fraction of sp³-hybridized carbons (Fsp3) is 0.385. The van der Waals surface area contributed by atoms with Gasteiger partial charge in [-0.2, -0.15) is 0 Å². The third-order valence-corrected chi connectivity index (χ3v) is 2.78. The zero-order valence-corrected chi connectivity index (χ0v) is 10.1. The van der Waals surface area contributed by atoms with Crippen LogP contribution in [0.25, 0.3) is 10.9 Å². The molecule has 0 unspecified atom stereocenters. The van der Waals surface area contributed by atoms with Crippen molar-refractivity contribution in [2.24, 2.45) is 7.05 Å². The molecule has 1 aromatic carbocycles. The van der Waals surface area contributed by atoms with Gasteiger partial charge in [0.05, 0.1) is 17.2 Å². The highest BCUT2D eigenvalue weighted by molar-refractivity contribution is 5.78. The van der Waals surface area contributed by atoms with Gasteiger partial charge in [0.1, 0.15) is 0 Å². The molecule has 84 valence electrons. The topological polar surface area (TPSA) is 34.9 Å². The molecule has 0 aliphatic heterocycles. The van der Waals surface area contributed by atoms with Crippen LogP contribution in [0.15, 0.2) is 29.3 Å². The first kappa shape index (κ1) is 10.9. The summed E-state index contributed by atoms with van der Waals surface area (Å²) in [6.07, 6.45) is 1.56. The summed E-state index contributed by atoms with van der Waals surface area (Å²) in [7, 11) is 1.72. The summed E-state index contributed by atoms with van der Waals surface area (Å²) in [4.78, 5) is 16.2. The molecule has 0 amide bonds. The monoisotopic (exact) mass is 216 g/mol. The molecule has 0 spiro atoms. The molecule has 0 N–H and O–H groups in total. The molecule has 0 aliphatic rings. The van der Waals surface area contributed by atoms with Gasteiger partial charge in [-0.1, -0.05) is 26.8 Å². The minimum atomic E-state index is 0.0103. The Bertz CT molecular complexity index is 591. The lowest BCUT2D eigenvalue weighted by molar-refractivity contribution is 0.591. The van der Waals surface area contributed by atoms with Gasteiger partial charge in [0.25, 0.3) is 5.56 Å². The number of fused-ring (bicyclic) bond motifs is 1. The summed E-state index contributed by atoms with van der Waals surface area (Å²) >= 11 is 0. The lowest BCUT2D eigenvalue weighted by atomic mass is 9.86. The maximum Gasteiger partial charge on any atom is 0.260 e. The van der Waals surface area contributed by atoms with E-state index in [0.717, 1.165) is 11.1 Å². The molecular weight excluding hydrogens is 200 g/mol. The van der Waals surface area contributed by atoms with Gasteiger partial charge < -0.3 is 4.57 Å². The van der Waals surface area contributed by atoms with Crippen LogP contribution in [0.3, 0.4) is 0 Å². The number of aryl methyl sites for hydroxylation is 1. The fourth-order valence-electron chi connectivity index (χ4n) is 1.68. The molecule has 2 rings (SSSR count). The highest BCUT2D eigenvalue weighted by Crippen LogP contribution is 2.23.